The third-order valence-corrected chi connectivity index (χ3v) is 4.05. The molecule has 124 valence electrons. The van der Waals surface area contributed by atoms with E-state index in [1.807, 2.05) is 0 Å². The van der Waals surface area contributed by atoms with Crippen LogP contribution in [-0.2, 0) is 9.53 Å². The van der Waals surface area contributed by atoms with Gasteiger partial charge in [-0.1, -0.05) is 26.2 Å². The van der Waals surface area contributed by atoms with Gasteiger partial charge in [0.15, 0.2) is 5.60 Å². The SMILES string of the molecule is CC[C@@](O)(CN(N)CC1CCCCC1)C(=O)OC(C)(C)C. The van der Waals surface area contributed by atoms with E-state index in [1.165, 1.54) is 32.1 Å². The smallest absolute Gasteiger partial charge is 0.340 e. The number of carbonyl (C=O) groups is 1. The quantitative estimate of drug-likeness (QED) is 0.447. The highest BCUT2D eigenvalue weighted by Gasteiger charge is 2.39. The lowest BCUT2D eigenvalue weighted by molar-refractivity contribution is -0.179. The van der Waals surface area contributed by atoms with E-state index >= 15 is 0 Å². The molecule has 1 aliphatic carbocycles. The molecule has 0 spiro atoms. The summed E-state index contributed by atoms with van der Waals surface area (Å²) in [5.74, 6) is 6.02. The van der Waals surface area contributed by atoms with Crippen molar-refractivity contribution in [1.29, 1.82) is 0 Å². The summed E-state index contributed by atoms with van der Waals surface area (Å²) in [4.78, 5) is 12.2. The van der Waals surface area contributed by atoms with Crippen molar-refractivity contribution in [2.45, 2.75) is 77.4 Å². The Morgan fingerprint density at radius 2 is 1.86 bits per heavy atom. The fourth-order valence-corrected chi connectivity index (χ4v) is 2.80. The van der Waals surface area contributed by atoms with E-state index in [9.17, 15) is 9.90 Å². The summed E-state index contributed by atoms with van der Waals surface area (Å²) < 4.78 is 5.31. The fraction of sp³-hybridized carbons (Fsp3) is 0.938. The first-order valence-electron chi connectivity index (χ1n) is 8.12. The van der Waals surface area contributed by atoms with Crippen LogP contribution in [0.1, 0.15) is 66.2 Å². The Kier molecular flexibility index (Phi) is 6.63. The molecule has 1 aliphatic rings. The summed E-state index contributed by atoms with van der Waals surface area (Å²) in [6.07, 6.45) is 6.47. The van der Waals surface area contributed by atoms with Gasteiger partial charge in [-0.3, -0.25) is 5.84 Å². The van der Waals surface area contributed by atoms with Gasteiger partial charge in [0.25, 0.3) is 0 Å². The van der Waals surface area contributed by atoms with Crippen LogP contribution < -0.4 is 5.84 Å². The van der Waals surface area contributed by atoms with Crippen molar-refractivity contribution in [1.82, 2.24) is 5.01 Å². The maximum Gasteiger partial charge on any atom is 0.340 e. The molecule has 0 aromatic rings. The van der Waals surface area contributed by atoms with Crippen molar-refractivity contribution in [3.8, 4) is 0 Å². The molecule has 0 unspecified atom stereocenters. The van der Waals surface area contributed by atoms with Crippen molar-refractivity contribution in [3.63, 3.8) is 0 Å². The Morgan fingerprint density at radius 3 is 2.33 bits per heavy atom. The maximum atomic E-state index is 12.2. The Hall–Kier alpha value is -0.650. The highest BCUT2D eigenvalue weighted by Crippen LogP contribution is 2.25. The van der Waals surface area contributed by atoms with Crippen molar-refractivity contribution >= 4 is 5.97 Å². The molecule has 1 fully saturated rings. The zero-order valence-corrected chi connectivity index (χ0v) is 14.0. The second kappa shape index (κ2) is 7.56. The van der Waals surface area contributed by atoms with E-state index in [4.69, 9.17) is 10.6 Å². The van der Waals surface area contributed by atoms with Gasteiger partial charge in [-0.25, -0.2) is 9.80 Å². The predicted octanol–water partition coefficient (Wildman–Crippen LogP) is 2.23. The molecule has 0 radical (unpaired) electrons. The van der Waals surface area contributed by atoms with Crippen molar-refractivity contribution in [2.24, 2.45) is 11.8 Å². The Bertz CT molecular complexity index is 335. The van der Waals surface area contributed by atoms with E-state index in [2.05, 4.69) is 0 Å². The van der Waals surface area contributed by atoms with Crippen LogP contribution in [0, 0.1) is 5.92 Å². The molecule has 1 rings (SSSR count). The average molecular weight is 300 g/mol. The van der Waals surface area contributed by atoms with Crippen LogP contribution in [0.4, 0.5) is 0 Å². The zero-order chi connectivity index (χ0) is 16.1. The zero-order valence-electron chi connectivity index (χ0n) is 14.0. The largest absolute Gasteiger partial charge is 0.458 e. The number of esters is 1. The minimum Gasteiger partial charge on any atom is -0.458 e. The number of carbonyl (C=O) groups excluding carboxylic acids is 1. The van der Waals surface area contributed by atoms with Crippen molar-refractivity contribution in [2.75, 3.05) is 13.1 Å². The number of ether oxygens (including phenoxy) is 1. The van der Waals surface area contributed by atoms with E-state index in [1.54, 1.807) is 32.7 Å². The molecule has 0 saturated heterocycles. The topological polar surface area (TPSA) is 75.8 Å². The number of aliphatic hydroxyl groups is 1. The second-order valence-corrected chi connectivity index (χ2v) is 7.32. The third-order valence-electron chi connectivity index (χ3n) is 4.05. The molecule has 0 amide bonds. The summed E-state index contributed by atoms with van der Waals surface area (Å²) in [6, 6.07) is 0. The van der Waals surface area contributed by atoms with E-state index in [0.717, 1.165) is 6.54 Å². The summed E-state index contributed by atoms with van der Waals surface area (Å²) in [6.45, 7) is 8.01. The highest BCUT2D eigenvalue weighted by atomic mass is 16.6. The molecule has 0 aromatic carbocycles. The van der Waals surface area contributed by atoms with Crippen molar-refractivity contribution < 1.29 is 14.6 Å². The Balaban J connectivity index is 2.55. The van der Waals surface area contributed by atoms with Crippen LogP contribution in [0.15, 0.2) is 0 Å². The molecule has 0 aromatic heterocycles. The fourth-order valence-electron chi connectivity index (χ4n) is 2.80. The van der Waals surface area contributed by atoms with Crippen LogP contribution in [0.3, 0.4) is 0 Å². The molecule has 0 heterocycles. The normalized spacial score (nSPS) is 20.3. The number of hydrogen-bond donors (Lipinski definition) is 2. The standard InChI is InChI=1S/C16H32N2O3/c1-5-16(20,14(19)21-15(2,3)4)12-18(17)11-13-9-7-6-8-10-13/h13,20H,5-12,17H2,1-4H3/t16-/m1/s1. The molecule has 0 aliphatic heterocycles. The average Bonchev–Trinajstić information content (AvgIpc) is 2.37. The van der Waals surface area contributed by atoms with Crippen LogP contribution in [0.5, 0.6) is 0 Å². The number of hydrogen-bond acceptors (Lipinski definition) is 5. The van der Waals surface area contributed by atoms with E-state index < -0.39 is 17.2 Å². The van der Waals surface area contributed by atoms with E-state index in [-0.39, 0.29) is 6.54 Å². The number of nitrogens with two attached hydrogens (primary N) is 1. The van der Waals surface area contributed by atoms with Gasteiger partial charge in [0.2, 0.25) is 0 Å². The molecule has 21 heavy (non-hydrogen) atoms. The molecule has 1 atom stereocenters. The van der Waals surface area contributed by atoms with Gasteiger partial charge in [0.05, 0.1) is 6.54 Å². The number of nitrogens with zero attached hydrogens (tertiary/aromatic N) is 1. The van der Waals surface area contributed by atoms with Gasteiger partial charge in [0.1, 0.15) is 5.60 Å². The van der Waals surface area contributed by atoms with E-state index in [0.29, 0.717) is 12.3 Å². The second-order valence-electron chi connectivity index (χ2n) is 7.32. The summed E-state index contributed by atoms with van der Waals surface area (Å²) in [7, 11) is 0. The lowest BCUT2D eigenvalue weighted by Crippen LogP contribution is -2.54. The Morgan fingerprint density at radius 1 is 1.29 bits per heavy atom. The minimum absolute atomic E-state index is 0.120. The van der Waals surface area contributed by atoms with Crippen LogP contribution in [0.2, 0.25) is 0 Å². The summed E-state index contributed by atoms with van der Waals surface area (Å²) >= 11 is 0. The van der Waals surface area contributed by atoms with Gasteiger partial charge in [-0.05, 0) is 46.0 Å². The van der Waals surface area contributed by atoms with Gasteiger partial charge >= 0.3 is 5.97 Å². The lowest BCUT2D eigenvalue weighted by Gasteiger charge is -2.34. The van der Waals surface area contributed by atoms with Gasteiger partial charge in [-0.15, -0.1) is 0 Å². The maximum absolute atomic E-state index is 12.2. The first kappa shape index (κ1) is 18.4. The first-order valence-corrected chi connectivity index (χ1v) is 8.12. The van der Waals surface area contributed by atoms with Gasteiger partial charge in [0, 0.05) is 6.54 Å². The monoisotopic (exact) mass is 300 g/mol. The molecule has 3 N–H and O–H groups in total. The Labute approximate surface area is 128 Å². The van der Waals surface area contributed by atoms with Crippen LogP contribution >= 0.6 is 0 Å². The minimum atomic E-state index is -1.53. The molecular weight excluding hydrogens is 268 g/mol. The number of hydrazine groups is 1. The van der Waals surface area contributed by atoms with Gasteiger partial charge in [-0.2, -0.15) is 0 Å². The summed E-state index contributed by atoms with van der Waals surface area (Å²) in [5, 5.41) is 12.1. The predicted molar refractivity (Wildman–Crippen MR) is 83.4 cm³/mol. The molecule has 5 nitrogen and oxygen atoms in total. The molecular formula is C16H32N2O3. The van der Waals surface area contributed by atoms with Crippen LogP contribution in [-0.4, -0.2) is 40.4 Å². The third kappa shape index (κ3) is 6.32. The van der Waals surface area contributed by atoms with Crippen LogP contribution in [0.25, 0.3) is 0 Å². The molecule has 1 saturated carbocycles. The summed E-state index contributed by atoms with van der Waals surface area (Å²) in [5.41, 5.74) is -2.14. The molecule has 0 bridgehead atoms. The lowest BCUT2D eigenvalue weighted by atomic mass is 9.89. The highest BCUT2D eigenvalue weighted by molar-refractivity contribution is 5.79. The molecule has 5 heteroatoms. The first-order chi connectivity index (χ1) is 9.66. The number of rotatable bonds is 6. The van der Waals surface area contributed by atoms with Crippen molar-refractivity contribution in [3.05, 3.63) is 0 Å². The van der Waals surface area contributed by atoms with Gasteiger partial charge < -0.3 is 9.84 Å².